The minimum atomic E-state index is -0.903. The van der Waals surface area contributed by atoms with E-state index in [4.69, 9.17) is 9.47 Å². The molecule has 1 aliphatic rings. The summed E-state index contributed by atoms with van der Waals surface area (Å²) in [6.07, 6.45) is 7.28. The number of hydrogen-bond acceptors (Lipinski definition) is 6. The molecule has 2 aromatic rings. The molecule has 0 saturated heterocycles. The van der Waals surface area contributed by atoms with Crippen LogP contribution in [-0.2, 0) is 20.9 Å². The van der Waals surface area contributed by atoms with Gasteiger partial charge in [-0.25, -0.2) is 9.78 Å². The van der Waals surface area contributed by atoms with Crippen LogP contribution in [0.4, 0.5) is 0 Å². The van der Waals surface area contributed by atoms with E-state index in [1.165, 1.54) is 13.2 Å². The molecule has 0 bridgehead atoms. The third-order valence-corrected chi connectivity index (χ3v) is 5.83. The van der Waals surface area contributed by atoms with Crippen LogP contribution in [0.3, 0.4) is 0 Å². The van der Waals surface area contributed by atoms with Crippen LogP contribution in [0.5, 0.6) is 5.75 Å². The number of rotatable bonds is 7. The van der Waals surface area contributed by atoms with Gasteiger partial charge >= 0.3 is 5.97 Å². The number of carbonyl (C=O) groups is 2. The number of nitrogens with zero attached hydrogens (tertiary/aromatic N) is 1. The predicted octanol–water partition coefficient (Wildman–Crippen LogP) is 4.04. The smallest absolute Gasteiger partial charge is 0.331 e. The number of ether oxygens (including phenoxy) is 2. The fraction of sp³-hybridized carbons (Fsp3) is 0.409. The van der Waals surface area contributed by atoms with Crippen LogP contribution in [0, 0.1) is 6.92 Å². The molecule has 1 aromatic carbocycles. The molecule has 0 unspecified atom stereocenters. The highest BCUT2D eigenvalue weighted by Crippen LogP contribution is 2.29. The summed E-state index contributed by atoms with van der Waals surface area (Å²) in [7, 11) is 1.36. The molecular weight excluding hydrogens is 388 g/mol. The van der Waals surface area contributed by atoms with Crippen molar-refractivity contribution < 1.29 is 19.1 Å². The summed E-state index contributed by atoms with van der Waals surface area (Å²) in [5.41, 5.74) is 0.878. The lowest BCUT2D eigenvalue weighted by atomic mass is 9.81. The van der Waals surface area contributed by atoms with Crippen LogP contribution in [0.1, 0.15) is 48.4 Å². The molecule has 0 spiro atoms. The fourth-order valence-corrected chi connectivity index (χ4v) is 4.08. The molecule has 1 saturated carbocycles. The van der Waals surface area contributed by atoms with Crippen molar-refractivity contribution in [2.45, 2.75) is 51.2 Å². The van der Waals surface area contributed by atoms with Crippen molar-refractivity contribution in [1.29, 1.82) is 0 Å². The van der Waals surface area contributed by atoms with Gasteiger partial charge < -0.3 is 14.8 Å². The van der Waals surface area contributed by atoms with Gasteiger partial charge in [0.15, 0.2) is 0 Å². The molecular formula is C22H26N2O4S. The Morgan fingerprint density at radius 2 is 1.93 bits per heavy atom. The molecule has 1 aliphatic carbocycles. The zero-order valence-corrected chi connectivity index (χ0v) is 17.6. The van der Waals surface area contributed by atoms with Crippen LogP contribution in [0.25, 0.3) is 6.08 Å². The Labute approximate surface area is 174 Å². The third-order valence-electron chi connectivity index (χ3n) is 5.01. The number of aryl methyl sites for hydroxylation is 1. The normalized spacial score (nSPS) is 15.8. The number of amides is 1. The Morgan fingerprint density at radius 3 is 2.55 bits per heavy atom. The summed E-state index contributed by atoms with van der Waals surface area (Å²) >= 11 is 1.60. The maximum atomic E-state index is 12.4. The molecule has 1 amide bonds. The second-order valence-electron chi connectivity index (χ2n) is 7.17. The van der Waals surface area contributed by atoms with Crippen LogP contribution < -0.4 is 10.1 Å². The lowest BCUT2D eigenvalue weighted by molar-refractivity contribution is -0.152. The third kappa shape index (κ3) is 5.67. The molecule has 1 heterocycles. The highest BCUT2D eigenvalue weighted by atomic mass is 32.1. The van der Waals surface area contributed by atoms with E-state index in [1.54, 1.807) is 17.4 Å². The first-order valence-electron chi connectivity index (χ1n) is 9.73. The molecule has 154 valence electrons. The highest BCUT2D eigenvalue weighted by Gasteiger charge is 2.41. The number of aromatic nitrogens is 1. The van der Waals surface area contributed by atoms with Crippen molar-refractivity contribution in [3.8, 4) is 5.75 Å². The van der Waals surface area contributed by atoms with Gasteiger partial charge in [0, 0.05) is 11.5 Å². The zero-order chi connectivity index (χ0) is 20.7. The Hall–Kier alpha value is -2.67. The molecule has 1 aromatic heterocycles. The van der Waals surface area contributed by atoms with E-state index < -0.39 is 5.54 Å². The van der Waals surface area contributed by atoms with Crippen molar-refractivity contribution in [2.24, 2.45) is 0 Å². The summed E-state index contributed by atoms with van der Waals surface area (Å²) in [6.45, 7) is 2.39. The number of benzene rings is 1. The average molecular weight is 415 g/mol. The molecule has 1 N–H and O–H groups in total. The van der Waals surface area contributed by atoms with Crippen LogP contribution >= 0.6 is 11.3 Å². The van der Waals surface area contributed by atoms with Crippen molar-refractivity contribution in [3.05, 3.63) is 52.0 Å². The summed E-state index contributed by atoms with van der Waals surface area (Å²) < 4.78 is 10.7. The second-order valence-corrected chi connectivity index (χ2v) is 8.23. The summed E-state index contributed by atoms with van der Waals surface area (Å²) in [4.78, 5) is 29.0. The van der Waals surface area contributed by atoms with Crippen molar-refractivity contribution in [3.63, 3.8) is 0 Å². The van der Waals surface area contributed by atoms with Crippen LogP contribution in [0.2, 0.25) is 0 Å². The molecule has 0 atom stereocenters. The van der Waals surface area contributed by atoms with E-state index in [0.717, 1.165) is 41.3 Å². The Kier molecular flexibility index (Phi) is 7.04. The Balaban J connectivity index is 1.55. The number of carbonyl (C=O) groups excluding carboxylic acids is 2. The van der Waals surface area contributed by atoms with Gasteiger partial charge in [-0.1, -0.05) is 31.4 Å². The molecule has 1 fully saturated rings. The van der Waals surface area contributed by atoms with E-state index in [1.807, 2.05) is 36.6 Å². The minimum absolute atomic E-state index is 0.295. The number of methoxy groups -OCH3 is 1. The van der Waals surface area contributed by atoms with Crippen molar-refractivity contribution in [1.82, 2.24) is 10.3 Å². The van der Waals surface area contributed by atoms with Crippen LogP contribution in [-0.4, -0.2) is 29.5 Å². The van der Waals surface area contributed by atoms with Crippen molar-refractivity contribution in [2.75, 3.05) is 7.11 Å². The summed E-state index contributed by atoms with van der Waals surface area (Å²) in [5, 5.41) is 5.88. The molecule has 3 rings (SSSR count). The maximum absolute atomic E-state index is 12.4. The van der Waals surface area contributed by atoms with Gasteiger partial charge in [-0.2, -0.15) is 0 Å². The number of esters is 1. The van der Waals surface area contributed by atoms with Gasteiger partial charge in [-0.3, -0.25) is 4.79 Å². The number of hydrogen-bond donors (Lipinski definition) is 1. The summed E-state index contributed by atoms with van der Waals surface area (Å²) in [6, 6.07) is 7.46. The first-order valence-corrected chi connectivity index (χ1v) is 10.6. The lowest BCUT2D eigenvalue weighted by Gasteiger charge is -2.34. The maximum Gasteiger partial charge on any atom is 0.331 e. The number of thiazole rings is 1. The first-order chi connectivity index (χ1) is 14.0. The largest absolute Gasteiger partial charge is 0.487 e. The standard InChI is InChI=1S/C22H26N2O4S/c1-16-23-18(15-29-16)14-28-19-9-6-17(7-10-19)8-11-20(25)24-22(21(26)27-2)12-4-3-5-13-22/h6-11,15H,3-5,12-14H2,1-2H3,(H,24,25). The second kappa shape index (κ2) is 9.69. The Morgan fingerprint density at radius 1 is 1.21 bits per heavy atom. The lowest BCUT2D eigenvalue weighted by Crippen LogP contribution is -2.55. The van der Waals surface area contributed by atoms with E-state index in [2.05, 4.69) is 10.3 Å². The highest BCUT2D eigenvalue weighted by molar-refractivity contribution is 7.09. The van der Waals surface area contributed by atoms with Crippen LogP contribution in [0.15, 0.2) is 35.7 Å². The van der Waals surface area contributed by atoms with Crippen molar-refractivity contribution >= 4 is 29.3 Å². The predicted molar refractivity (Wildman–Crippen MR) is 113 cm³/mol. The zero-order valence-electron chi connectivity index (χ0n) is 16.8. The van der Waals surface area contributed by atoms with Gasteiger partial charge in [0.25, 0.3) is 0 Å². The van der Waals surface area contributed by atoms with E-state index in [0.29, 0.717) is 19.4 Å². The molecule has 7 heteroatoms. The SMILES string of the molecule is COC(=O)C1(NC(=O)C=Cc2ccc(OCc3csc(C)n3)cc2)CCCCC1. The van der Waals surface area contributed by atoms with Gasteiger partial charge in [-0.15, -0.1) is 11.3 Å². The average Bonchev–Trinajstić information content (AvgIpc) is 3.16. The van der Waals surface area contributed by atoms with Gasteiger partial charge in [0.05, 0.1) is 17.8 Å². The topological polar surface area (TPSA) is 77.5 Å². The monoisotopic (exact) mass is 414 g/mol. The fourth-order valence-electron chi connectivity index (χ4n) is 3.49. The molecule has 6 nitrogen and oxygen atoms in total. The van der Waals surface area contributed by atoms with Gasteiger partial charge in [0.2, 0.25) is 5.91 Å². The Bertz CT molecular complexity index is 867. The van der Waals surface area contributed by atoms with E-state index >= 15 is 0 Å². The summed E-state index contributed by atoms with van der Waals surface area (Å²) in [5.74, 6) is 0.0800. The molecule has 0 aliphatic heterocycles. The first kappa shape index (κ1) is 21.0. The van der Waals surface area contributed by atoms with Gasteiger partial charge in [0.1, 0.15) is 17.9 Å². The quantitative estimate of drug-likeness (QED) is 0.547. The van der Waals surface area contributed by atoms with Gasteiger partial charge in [-0.05, 0) is 43.5 Å². The minimum Gasteiger partial charge on any atom is -0.487 e. The number of nitrogens with one attached hydrogen (secondary N) is 1. The molecule has 29 heavy (non-hydrogen) atoms. The molecule has 0 radical (unpaired) electrons. The van der Waals surface area contributed by atoms with E-state index in [-0.39, 0.29) is 11.9 Å². The van der Waals surface area contributed by atoms with E-state index in [9.17, 15) is 9.59 Å².